The minimum Gasteiger partial charge on any atom is -0.103 e. The molecule has 1 atom stereocenters. The summed E-state index contributed by atoms with van der Waals surface area (Å²) in [5.74, 6) is 0.334. The van der Waals surface area contributed by atoms with E-state index in [1.54, 1.807) is 0 Å². The number of aryl methyl sites for hydroxylation is 1. The molecule has 2 aromatic carbocycles. The minimum absolute atomic E-state index is 0.334. The van der Waals surface area contributed by atoms with Crippen LogP contribution in [0, 0.1) is 12.8 Å². The number of hydrogen-bond donors (Lipinski definition) is 0. The number of hydrogen-bond acceptors (Lipinski definition) is 0. The van der Waals surface area contributed by atoms with Crippen LogP contribution in [0.25, 0.3) is 11.1 Å². The summed E-state index contributed by atoms with van der Waals surface area (Å²) < 4.78 is 0. The van der Waals surface area contributed by atoms with E-state index in [0.717, 1.165) is 6.42 Å². The highest BCUT2D eigenvalue weighted by atomic mass is 14.3. The molecule has 0 nitrogen and oxygen atoms in total. The Labute approximate surface area is 151 Å². The van der Waals surface area contributed by atoms with Crippen molar-refractivity contribution in [3.05, 3.63) is 107 Å². The molecular formula is C25H26. The molecule has 0 heterocycles. The van der Waals surface area contributed by atoms with Crippen LogP contribution in [0.4, 0.5) is 0 Å². The average Bonchev–Trinajstić information content (AvgIpc) is 2.63. The van der Waals surface area contributed by atoms with Crippen molar-refractivity contribution in [3.63, 3.8) is 0 Å². The van der Waals surface area contributed by atoms with Crippen LogP contribution in [-0.2, 0) is 0 Å². The van der Waals surface area contributed by atoms with Gasteiger partial charge in [-0.15, -0.1) is 6.58 Å². The van der Waals surface area contributed by atoms with Crippen molar-refractivity contribution >= 4 is 11.1 Å². The summed E-state index contributed by atoms with van der Waals surface area (Å²) in [4.78, 5) is 0. The molecule has 0 saturated heterocycles. The maximum atomic E-state index is 4.42. The maximum Gasteiger partial charge on any atom is 0.00293 e. The molecule has 1 aliphatic rings. The van der Waals surface area contributed by atoms with Gasteiger partial charge in [0, 0.05) is 5.92 Å². The van der Waals surface area contributed by atoms with Crippen LogP contribution in [0.2, 0.25) is 0 Å². The van der Waals surface area contributed by atoms with Gasteiger partial charge in [-0.05, 0) is 59.3 Å². The first-order valence-corrected chi connectivity index (χ1v) is 8.92. The van der Waals surface area contributed by atoms with Crippen molar-refractivity contribution in [1.29, 1.82) is 0 Å². The highest BCUT2D eigenvalue weighted by Crippen LogP contribution is 2.48. The second-order valence-electron chi connectivity index (χ2n) is 6.82. The summed E-state index contributed by atoms with van der Waals surface area (Å²) in [5.41, 5.74) is 10.5. The van der Waals surface area contributed by atoms with Gasteiger partial charge < -0.3 is 0 Å². The number of benzene rings is 2. The van der Waals surface area contributed by atoms with Crippen LogP contribution < -0.4 is 0 Å². The van der Waals surface area contributed by atoms with Crippen molar-refractivity contribution in [2.45, 2.75) is 27.2 Å². The first kappa shape index (κ1) is 17.2. The van der Waals surface area contributed by atoms with E-state index in [4.69, 9.17) is 0 Å². The summed E-state index contributed by atoms with van der Waals surface area (Å²) in [6.07, 6.45) is 2.89. The number of rotatable bonds is 4. The van der Waals surface area contributed by atoms with E-state index >= 15 is 0 Å². The van der Waals surface area contributed by atoms with Crippen LogP contribution in [0.1, 0.15) is 37.0 Å². The summed E-state index contributed by atoms with van der Waals surface area (Å²) in [6.45, 7) is 15.1. The van der Waals surface area contributed by atoms with Crippen molar-refractivity contribution in [3.8, 4) is 0 Å². The topological polar surface area (TPSA) is 0 Å². The second kappa shape index (κ2) is 7.11. The van der Waals surface area contributed by atoms with Gasteiger partial charge in [0.15, 0.2) is 0 Å². The molecule has 1 unspecified atom stereocenters. The Balaban J connectivity index is 2.37. The lowest BCUT2D eigenvalue weighted by atomic mass is 9.71. The molecule has 0 saturated carbocycles. The molecule has 0 heteroatoms. The summed E-state index contributed by atoms with van der Waals surface area (Å²) >= 11 is 0. The third-order valence-corrected chi connectivity index (χ3v) is 5.31. The van der Waals surface area contributed by atoms with Gasteiger partial charge in [0.05, 0.1) is 0 Å². The lowest BCUT2D eigenvalue weighted by Crippen LogP contribution is -2.14. The van der Waals surface area contributed by atoms with Crippen molar-refractivity contribution in [2.75, 3.05) is 0 Å². The van der Waals surface area contributed by atoms with Gasteiger partial charge in [-0.25, -0.2) is 0 Å². The summed E-state index contributed by atoms with van der Waals surface area (Å²) in [7, 11) is 0. The predicted molar refractivity (Wildman–Crippen MR) is 110 cm³/mol. The van der Waals surface area contributed by atoms with E-state index in [0.29, 0.717) is 5.92 Å². The van der Waals surface area contributed by atoms with E-state index in [1.807, 2.05) is 6.08 Å². The zero-order valence-electron chi connectivity index (χ0n) is 15.5. The lowest BCUT2D eigenvalue weighted by Gasteiger charge is -2.32. The minimum atomic E-state index is 0.334. The average molecular weight is 326 g/mol. The second-order valence-corrected chi connectivity index (χ2v) is 6.82. The predicted octanol–water partition coefficient (Wildman–Crippen LogP) is 7.00. The molecule has 0 amide bonds. The highest BCUT2D eigenvalue weighted by Gasteiger charge is 2.29. The molecule has 0 bridgehead atoms. The summed E-state index contributed by atoms with van der Waals surface area (Å²) in [5, 5.41) is 0. The fourth-order valence-corrected chi connectivity index (χ4v) is 3.82. The Morgan fingerprint density at radius 3 is 2.20 bits per heavy atom. The van der Waals surface area contributed by atoms with Crippen molar-refractivity contribution in [1.82, 2.24) is 0 Å². The Morgan fingerprint density at radius 2 is 1.56 bits per heavy atom. The molecule has 3 rings (SSSR count). The first-order valence-electron chi connectivity index (χ1n) is 8.92. The Kier molecular flexibility index (Phi) is 4.90. The quantitative estimate of drug-likeness (QED) is 0.530. The van der Waals surface area contributed by atoms with Crippen LogP contribution in [0.15, 0.2) is 90.6 Å². The van der Waals surface area contributed by atoms with Crippen molar-refractivity contribution < 1.29 is 0 Å². The van der Waals surface area contributed by atoms with Gasteiger partial charge >= 0.3 is 0 Å². The van der Waals surface area contributed by atoms with Gasteiger partial charge in [0.2, 0.25) is 0 Å². The fourth-order valence-electron chi connectivity index (χ4n) is 3.82. The zero-order chi connectivity index (χ0) is 18.0. The highest BCUT2D eigenvalue weighted by molar-refractivity contribution is 6.10. The molecule has 0 aromatic heterocycles. The van der Waals surface area contributed by atoms with Gasteiger partial charge in [-0.1, -0.05) is 79.7 Å². The maximum absolute atomic E-state index is 4.42. The van der Waals surface area contributed by atoms with Gasteiger partial charge in [-0.2, -0.15) is 0 Å². The molecule has 126 valence electrons. The normalized spacial score (nSPS) is 17.9. The molecule has 2 aromatic rings. The molecule has 25 heavy (non-hydrogen) atoms. The Morgan fingerprint density at radius 1 is 0.920 bits per heavy atom. The van der Waals surface area contributed by atoms with E-state index in [9.17, 15) is 0 Å². The van der Waals surface area contributed by atoms with Crippen molar-refractivity contribution in [2.24, 2.45) is 5.92 Å². The largest absolute Gasteiger partial charge is 0.103 e. The number of allylic oxidation sites excluding steroid dienone is 6. The van der Waals surface area contributed by atoms with E-state index in [2.05, 4.69) is 88.5 Å². The third kappa shape index (κ3) is 3.05. The van der Waals surface area contributed by atoms with E-state index < -0.39 is 0 Å². The van der Waals surface area contributed by atoms with Crippen LogP contribution in [-0.4, -0.2) is 0 Å². The third-order valence-electron chi connectivity index (χ3n) is 5.31. The summed E-state index contributed by atoms with van der Waals surface area (Å²) in [6, 6.07) is 19.4. The lowest BCUT2D eigenvalue weighted by molar-refractivity contribution is 0.785. The monoisotopic (exact) mass is 326 g/mol. The molecule has 0 spiro atoms. The fraction of sp³-hybridized carbons (Fsp3) is 0.200. The van der Waals surface area contributed by atoms with Gasteiger partial charge in [0.25, 0.3) is 0 Å². The van der Waals surface area contributed by atoms with E-state index in [1.165, 1.54) is 44.6 Å². The molecular weight excluding hydrogens is 300 g/mol. The van der Waals surface area contributed by atoms with Gasteiger partial charge in [-0.3, -0.25) is 0 Å². The Bertz CT molecular complexity index is 875. The van der Waals surface area contributed by atoms with E-state index in [-0.39, 0.29) is 0 Å². The Hall–Kier alpha value is -2.60. The smallest absolute Gasteiger partial charge is 0.00293 e. The standard InChI is InChI=1S/C25H26/c1-6-12-23-19(4)18(3)20(5)24(22-16-11-10-13-17(22)2)25(23)21-14-8-7-9-15-21/h6-11,13-16,19H,1,3,12H2,2,4-5H3. The molecule has 0 aliphatic heterocycles. The van der Waals surface area contributed by atoms with Crippen LogP contribution >= 0.6 is 0 Å². The SMILES string of the molecule is C=CCC1=C(c2ccccc2)C(c2ccccc2C)=C(C)C(=C)C1C. The zero-order valence-corrected chi connectivity index (χ0v) is 15.5. The van der Waals surface area contributed by atoms with Crippen LogP contribution in [0.5, 0.6) is 0 Å². The van der Waals surface area contributed by atoms with Crippen LogP contribution in [0.3, 0.4) is 0 Å². The molecule has 0 fully saturated rings. The molecule has 0 radical (unpaired) electrons. The molecule has 0 N–H and O–H groups in total. The van der Waals surface area contributed by atoms with Gasteiger partial charge in [0.1, 0.15) is 0 Å². The first-order chi connectivity index (χ1) is 12.1. The molecule has 1 aliphatic carbocycles.